The third kappa shape index (κ3) is 8.60. The van der Waals surface area contributed by atoms with Crippen molar-refractivity contribution >= 4 is 40.1 Å². The van der Waals surface area contributed by atoms with Crippen LogP contribution in [0.1, 0.15) is 94.4 Å². The van der Waals surface area contributed by atoms with Gasteiger partial charge in [-0.3, -0.25) is 19.2 Å². The zero-order valence-corrected chi connectivity index (χ0v) is 41.1. The van der Waals surface area contributed by atoms with Gasteiger partial charge in [-0.25, -0.2) is 19.9 Å². The number of aromatic nitrogens is 10. The van der Waals surface area contributed by atoms with E-state index < -0.39 is 5.41 Å². The third-order valence-electron chi connectivity index (χ3n) is 15.3. The van der Waals surface area contributed by atoms with Crippen LogP contribution in [0.15, 0.2) is 78.1 Å². The van der Waals surface area contributed by atoms with E-state index in [0.717, 1.165) is 90.6 Å². The fourth-order valence-electron chi connectivity index (χ4n) is 10.8. The number of imidazole rings is 2. The molecule has 6 atom stereocenters. The van der Waals surface area contributed by atoms with Gasteiger partial charge in [-0.15, -0.1) is 0 Å². The first-order chi connectivity index (χ1) is 33.1. The van der Waals surface area contributed by atoms with Crippen LogP contribution in [0.25, 0.3) is 39.4 Å². The largest absolute Gasteiger partial charge is 0.383 e. The lowest BCUT2D eigenvalue weighted by atomic mass is 9.79. The summed E-state index contributed by atoms with van der Waals surface area (Å²) < 4.78 is 7.98. The molecule has 0 bridgehead atoms. The summed E-state index contributed by atoms with van der Waals surface area (Å²) in [5.74, 6) is 5.01. The number of carbonyl (C=O) groups is 1. The molecule has 2 aliphatic heterocycles. The van der Waals surface area contributed by atoms with Gasteiger partial charge in [0.15, 0.2) is 22.8 Å². The highest BCUT2D eigenvalue weighted by Gasteiger charge is 2.45. The topological polar surface area (TPSA) is 211 Å². The van der Waals surface area contributed by atoms with Crippen LogP contribution in [0.2, 0.25) is 0 Å². The molecule has 69 heavy (non-hydrogen) atoms. The molecule has 360 valence electrons. The Kier molecular flexibility index (Phi) is 11.8. The van der Waals surface area contributed by atoms with Crippen molar-refractivity contribution < 1.29 is 4.79 Å². The van der Waals surface area contributed by atoms with E-state index >= 15 is 0 Å². The zero-order valence-electron chi connectivity index (χ0n) is 41.1. The molecule has 0 radical (unpaired) electrons. The summed E-state index contributed by atoms with van der Waals surface area (Å²) in [6, 6.07) is 12.0. The molecule has 4 unspecified atom stereocenters. The number of fused-ring (bicyclic) bond motifs is 1. The van der Waals surface area contributed by atoms with E-state index in [0.29, 0.717) is 78.0 Å². The molecule has 6 N–H and O–H groups in total. The Labute approximate surface area is 403 Å². The summed E-state index contributed by atoms with van der Waals surface area (Å²) in [6.07, 6.45) is 13.4. The van der Waals surface area contributed by atoms with Gasteiger partial charge < -0.3 is 36.1 Å². The number of rotatable bonds is 13. The van der Waals surface area contributed by atoms with Crippen molar-refractivity contribution in [2.45, 2.75) is 96.7 Å². The molecule has 1 saturated carbocycles. The van der Waals surface area contributed by atoms with Gasteiger partial charge in [-0.1, -0.05) is 56.9 Å². The smallest absolute Gasteiger partial charge is 0.223 e. The highest BCUT2D eigenvalue weighted by Crippen LogP contribution is 2.44. The number of nitrogens with zero attached hydrogens (tertiary/aromatic N) is 13. The summed E-state index contributed by atoms with van der Waals surface area (Å²) >= 11 is 0. The first kappa shape index (κ1) is 45.7. The standard InChI is InChI=1S/C52H66N16O/c1-9-67-47(55)43(57-49(67)35-16-19-63(6)31(4)22-35)45(53)56-40-26-33(15-14-30(40)3)41-27-38(65(8)62-41)25-36-24-37(36)29-66-21-18-52(5,28-42(66)69)51-58-44-46(54)59-48(60-50(44)68(51)10-2)34-13-11-12-32(23-34)39-17-20-64(7)61-39/h11-15,17,20,23,26-27,30,35-37,40H,4,9-10,16,18-19,21-22,24-25,28-29,55H2,1-3,5-8H3,(H2,53,56)(H2,54,59,60)/t30-,35?,36?,37+,40?,52?/m0/s1. The number of anilines is 2. The Morgan fingerprint density at radius 2 is 1.75 bits per heavy atom. The van der Waals surface area contributed by atoms with Crippen molar-refractivity contribution in [1.82, 2.24) is 58.4 Å². The Bertz CT molecular complexity index is 3070. The van der Waals surface area contributed by atoms with E-state index in [1.807, 2.05) is 55.3 Å². The highest BCUT2D eigenvalue weighted by molar-refractivity contribution is 6.00. The van der Waals surface area contributed by atoms with Gasteiger partial charge in [-0.2, -0.15) is 10.2 Å². The van der Waals surface area contributed by atoms with Gasteiger partial charge >= 0.3 is 0 Å². The Morgan fingerprint density at radius 1 is 0.957 bits per heavy atom. The molecule has 4 aliphatic rings. The molecule has 17 nitrogen and oxygen atoms in total. The molecule has 0 spiro atoms. The van der Waals surface area contributed by atoms with E-state index in [4.69, 9.17) is 47.2 Å². The molecule has 10 rings (SSSR count). The summed E-state index contributed by atoms with van der Waals surface area (Å²) in [4.78, 5) is 43.1. The number of aryl methyl sites for hydroxylation is 3. The number of hydrogen-bond acceptors (Lipinski definition) is 11. The third-order valence-corrected chi connectivity index (χ3v) is 15.3. The van der Waals surface area contributed by atoms with E-state index in [2.05, 4.69) is 89.6 Å². The number of allylic oxidation sites excluding steroid dienone is 3. The lowest BCUT2D eigenvalue weighted by molar-refractivity contribution is -0.136. The Hall–Kier alpha value is -7.04. The molecule has 2 saturated heterocycles. The first-order valence-corrected chi connectivity index (χ1v) is 24.6. The summed E-state index contributed by atoms with van der Waals surface area (Å²) in [5.41, 5.74) is 28.3. The number of piperidine rings is 2. The fourth-order valence-corrected chi connectivity index (χ4v) is 10.8. The van der Waals surface area contributed by atoms with Crippen LogP contribution >= 0.6 is 0 Å². The first-order valence-electron chi connectivity index (χ1n) is 24.6. The molecule has 17 heteroatoms. The molecular weight excluding hydrogens is 865 g/mol. The molecule has 3 fully saturated rings. The second kappa shape index (κ2) is 17.8. The minimum Gasteiger partial charge on any atom is -0.383 e. The number of likely N-dealkylation sites (tertiary alicyclic amines) is 2. The van der Waals surface area contributed by atoms with Gasteiger partial charge in [0.2, 0.25) is 5.91 Å². The molecule has 7 heterocycles. The molecule has 1 aromatic carbocycles. The van der Waals surface area contributed by atoms with Crippen molar-refractivity contribution in [3.05, 3.63) is 102 Å². The normalized spacial score (nSPS) is 24.2. The van der Waals surface area contributed by atoms with Crippen molar-refractivity contribution in [3.63, 3.8) is 0 Å². The van der Waals surface area contributed by atoms with Gasteiger partial charge in [-0.05, 0) is 81.6 Å². The maximum absolute atomic E-state index is 14.0. The average Bonchev–Trinajstić information content (AvgIpc) is 3.67. The monoisotopic (exact) mass is 931 g/mol. The van der Waals surface area contributed by atoms with Crippen LogP contribution in [0, 0.1) is 17.8 Å². The van der Waals surface area contributed by atoms with Crippen LogP contribution in [0.4, 0.5) is 11.6 Å². The summed E-state index contributed by atoms with van der Waals surface area (Å²) in [6.45, 7) is 16.4. The number of hydrogen-bond donors (Lipinski definition) is 3. The SMILES string of the molecule is C=C1CC(c2nc(C(N)=NC3C=C(c4cc(CC5C[C@@H]5CN5CCC(C)(c6nc7c(N)nc(-c8cccc(-c9ccn(C)n9)c8)nc7n6CC)CC5=O)n(C)n4)C=C[C@@H]3C)c(N)n2CC)CCN1C. The number of amides is 1. The number of aliphatic imine (C=N–C) groups is 1. The molecular formula is C52H66N16O. The molecule has 6 aromatic rings. The number of nitrogen functional groups attached to an aromatic ring is 2. The predicted molar refractivity (Wildman–Crippen MR) is 272 cm³/mol. The van der Waals surface area contributed by atoms with E-state index in [-0.39, 0.29) is 23.8 Å². The van der Waals surface area contributed by atoms with E-state index in [1.165, 1.54) is 5.69 Å². The Balaban J connectivity index is 0.785. The minimum absolute atomic E-state index is 0.131. The number of amidine groups is 1. The maximum atomic E-state index is 14.0. The van der Waals surface area contributed by atoms with Crippen LogP contribution < -0.4 is 17.2 Å². The van der Waals surface area contributed by atoms with Crippen LogP contribution in [0.5, 0.6) is 0 Å². The zero-order chi connectivity index (χ0) is 48.5. The lowest BCUT2D eigenvalue weighted by Gasteiger charge is -2.38. The minimum atomic E-state index is -0.475. The van der Waals surface area contributed by atoms with Crippen molar-refractivity contribution in [2.75, 3.05) is 38.1 Å². The van der Waals surface area contributed by atoms with Crippen LogP contribution in [0.3, 0.4) is 0 Å². The molecule has 2 aliphatic carbocycles. The predicted octanol–water partition coefficient (Wildman–Crippen LogP) is 6.47. The molecule has 5 aromatic heterocycles. The molecule has 1 amide bonds. The number of carbonyl (C=O) groups excluding carboxylic acids is 1. The summed E-state index contributed by atoms with van der Waals surface area (Å²) in [7, 11) is 6.01. The lowest BCUT2D eigenvalue weighted by Crippen LogP contribution is -2.46. The number of nitrogens with two attached hydrogens (primary N) is 3. The highest BCUT2D eigenvalue weighted by atomic mass is 16.2. The Morgan fingerprint density at radius 3 is 2.49 bits per heavy atom. The van der Waals surface area contributed by atoms with Crippen LogP contribution in [-0.4, -0.2) is 103 Å². The second-order valence-electron chi connectivity index (χ2n) is 20.1. The van der Waals surface area contributed by atoms with Crippen LogP contribution in [-0.2, 0) is 43.8 Å². The van der Waals surface area contributed by atoms with E-state index in [1.54, 1.807) is 4.68 Å². The number of benzene rings is 1. The van der Waals surface area contributed by atoms with Gasteiger partial charge in [0.05, 0.1) is 17.4 Å². The van der Waals surface area contributed by atoms with Gasteiger partial charge in [0, 0.05) is 106 Å². The van der Waals surface area contributed by atoms with Gasteiger partial charge in [0.1, 0.15) is 29.0 Å². The maximum Gasteiger partial charge on any atom is 0.223 e. The summed E-state index contributed by atoms with van der Waals surface area (Å²) in [5, 5.41) is 9.53. The van der Waals surface area contributed by atoms with Crippen molar-refractivity contribution in [2.24, 2.45) is 42.6 Å². The average molecular weight is 931 g/mol. The van der Waals surface area contributed by atoms with Gasteiger partial charge in [0.25, 0.3) is 0 Å². The van der Waals surface area contributed by atoms with E-state index in [9.17, 15) is 4.79 Å². The van der Waals surface area contributed by atoms with Crippen molar-refractivity contribution in [3.8, 4) is 22.6 Å². The fraction of sp³-hybridized carbons (Fsp3) is 0.462. The quantitative estimate of drug-likeness (QED) is 0.0844. The second-order valence-corrected chi connectivity index (χ2v) is 20.1. The van der Waals surface area contributed by atoms with Crippen molar-refractivity contribution in [1.29, 1.82) is 0 Å².